The maximum absolute atomic E-state index is 12.9. The van der Waals surface area contributed by atoms with Gasteiger partial charge in [-0.1, -0.05) is 48.4 Å². The number of fused-ring (bicyclic) bond motifs is 2. The first-order chi connectivity index (χ1) is 15.6. The summed E-state index contributed by atoms with van der Waals surface area (Å²) < 4.78 is 0. The van der Waals surface area contributed by atoms with Gasteiger partial charge in [0.15, 0.2) is 0 Å². The molecule has 0 aromatic heterocycles. The number of hydrogen-bond donors (Lipinski definition) is 2. The minimum atomic E-state index is 0.275. The molecule has 3 heteroatoms. The molecule has 4 aliphatic rings. The second kappa shape index (κ2) is 9.71. The largest absolute Gasteiger partial charge is 0.353 e. The van der Waals surface area contributed by atoms with Gasteiger partial charge in [-0.2, -0.15) is 0 Å². The van der Waals surface area contributed by atoms with E-state index in [4.69, 9.17) is 5.73 Å². The van der Waals surface area contributed by atoms with Crippen molar-refractivity contribution in [3.05, 3.63) is 47.5 Å². The second-order valence-electron chi connectivity index (χ2n) is 11.4. The molecule has 5 rings (SSSR count). The third kappa shape index (κ3) is 4.98. The van der Waals surface area contributed by atoms with Crippen LogP contribution in [0.4, 0.5) is 0 Å². The van der Waals surface area contributed by atoms with Gasteiger partial charge in [0.05, 0.1) is 0 Å². The molecule has 1 aromatic rings. The molecule has 4 aliphatic carbocycles. The lowest BCUT2D eigenvalue weighted by Crippen LogP contribution is -2.42. The second-order valence-corrected chi connectivity index (χ2v) is 11.4. The molecule has 174 valence electrons. The van der Waals surface area contributed by atoms with Crippen molar-refractivity contribution < 1.29 is 4.79 Å². The van der Waals surface area contributed by atoms with Crippen LogP contribution in [0.25, 0.3) is 0 Å². The van der Waals surface area contributed by atoms with Crippen molar-refractivity contribution in [3.63, 3.8) is 0 Å². The lowest BCUT2D eigenvalue weighted by molar-refractivity contribution is -0.122. The molecule has 0 spiro atoms. The van der Waals surface area contributed by atoms with Crippen LogP contribution < -0.4 is 11.1 Å². The highest BCUT2D eigenvalue weighted by Crippen LogP contribution is 2.56. The summed E-state index contributed by atoms with van der Waals surface area (Å²) in [6, 6.07) is 11.7. The van der Waals surface area contributed by atoms with E-state index < -0.39 is 0 Å². The summed E-state index contributed by atoms with van der Waals surface area (Å²) in [5.41, 5.74) is 9.43. The predicted octanol–water partition coefficient (Wildman–Crippen LogP) is 5.88. The molecule has 2 bridgehead atoms. The molecule has 0 radical (unpaired) electrons. The number of carbonyl (C=O) groups excluding carboxylic acids is 1. The number of benzene rings is 1. The van der Waals surface area contributed by atoms with Gasteiger partial charge in [-0.3, -0.25) is 4.79 Å². The van der Waals surface area contributed by atoms with Crippen LogP contribution in [0.3, 0.4) is 0 Å². The summed E-state index contributed by atoms with van der Waals surface area (Å²) in [5, 5.41) is 3.36. The van der Waals surface area contributed by atoms with Gasteiger partial charge in [0.2, 0.25) is 5.91 Å². The van der Waals surface area contributed by atoms with Gasteiger partial charge < -0.3 is 11.1 Å². The highest BCUT2D eigenvalue weighted by Gasteiger charge is 2.46. The number of amides is 1. The highest BCUT2D eigenvalue weighted by atomic mass is 16.1. The van der Waals surface area contributed by atoms with E-state index in [-0.39, 0.29) is 5.91 Å². The number of rotatable bonds is 7. The fourth-order valence-electron chi connectivity index (χ4n) is 7.15. The van der Waals surface area contributed by atoms with E-state index in [0.717, 1.165) is 37.6 Å². The van der Waals surface area contributed by atoms with Crippen molar-refractivity contribution in [1.29, 1.82) is 0 Å². The van der Waals surface area contributed by atoms with Gasteiger partial charge >= 0.3 is 0 Å². The Balaban J connectivity index is 1.26. The molecule has 32 heavy (non-hydrogen) atoms. The SMILES string of the molecule is NC[C@H]1CC[C@H](NC(=O)CCC2CC3(c4ccccc4)CCCC(C3)/C2=C\C2CC2)CC1. The molecule has 4 saturated carbocycles. The van der Waals surface area contributed by atoms with Gasteiger partial charge in [0.1, 0.15) is 0 Å². The molecule has 0 aliphatic heterocycles. The lowest BCUT2D eigenvalue weighted by Gasteiger charge is -2.50. The predicted molar refractivity (Wildman–Crippen MR) is 131 cm³/mol. The van der Waals surface area contributed by atoms with E-state index in [9.17, 15) is 4.79 Å². The smallest absolute Gasteiger partial charge is 0.220 e. The Morgan fingerprint density at radius 2 is 1.81 bits per heavy atom. The van der Waals surface area contributed by atoms with Gasteiger partial charge in [0, 0.05) is 12.5 Å². The topological polar surface area (TPSA) is 55.1 Å². The quantitative estimate of drug-likeness (QED) is 0.526. The third-order valence-corrected chi connectivity index (χ3v) is 9.13. The molecule has 3 N–H and O–H groups in total. The van der Waals surface area contributed by atoms with Crippen LogP contribution in [-0.4, -0.2) is 18.5 Å². The van der Waals surface area contributed by atoms with Crippen molar-refractivity contribution in [2.24, 2.45) is 29.4 Å². The van der Waals surface area contributed by atoms with Gasteiger partial charge in [-0.15, -0.1) is 0 Å². The number of nitrogens with two attached hydrogens (primary N) is 1. The Morgan fingerprint density at radius 3 is 2.53 bits per heavy atom. The number of allylic oxidation sites excluding steroid dienone is 2. The summed E-state index contributed by atoms with van der Waals surface area (Å²) in [7, 11) is 0. The summed E-state index contributed by atoms with van der Waals surface area (Å²) in [4.78, 5) is 12.9. The molecule has 1 aromatic carbocycles. The monoisotopic (exact) mass is 434 g/mol. The Hall–Kier alpha value is -1.61. The van der Waals surface area contributed by atoms with Crippen molar-refractivity contribution in [1.82, 2.24) is 5.32 Å². The standard InChI is InChI=1S/C29H42N2O/c30-20-22-10-13-26(14-11-22)31-28(32)15-12-24-19-29(25-6-2-1-3-7-25)16-4-5-23(18-29)27(24)17-21-8-9-21/h1-3,6-7,17,21-24,26H,4-5,8-16,18-20,30H2,(H,31,32)/b27-17+/t22-,23?,24?,26-,29?. The Kier molecular flexibility index (Phi) is 6.74. The fourth-order valence-corrected chi connectivity index (χ4v) is 7.15. The zero-order chi connectivity index (χ0) is 22.0. The van der Waals surface area contributed by atoms with Crippen molar-refractivity contribution in [2.45, 2.75) is 94.9 Å². The van der Waals surface area contributed by atoms with Crippen LogP contribution in [0.2, 0.25) is 0 Å². The van der Waals surface area contributed by atoms with Gasteiger partial charge in [-0.05, 0) is 112 Å². The molecule has 4 fully saturated rings. The average Bonchev–Trinajstić information content (AvgIpc) is 3.65. The minimum absolute atomic E-state index is 0.275. The minimum Gasteiger partial charge on any atom is -0.353 e. The molecule has 3 unspecified atom stereocenters. The number of hydrogen-bond acceptors (Lipinski definition) is 2. The zero-order valence-corrected chi connectivity index (χ0v) is 19.7. The number of nitrogens with one attached hydrogen (secondary N) is 1. The van der Waals surface area contributed by atoms with Crippen LogP contribution in [-0.2, 0) is 10.2 Å². The van der Waals surface area contributed by atoms with Crippen molar-refractivity contribution >= 4 is 5.91 Å². The first-order valence-corrected chi connectivity index (χ1v) is 13.4. The van der Waals surface area contributed by atoms with E-state index in [1.165, 1.54) is 57.8 Å². The third-order valence-electron chi connectivity index (χ3n) is 9.13. The van der Waals surface area contributed by atoms with E-state index in [2.05, 4.69) is 41.7 Å². The van der Waals surface area contributed by atoms with E-state index in [1.807, 2.05) is 0 Å². The summed E-state index contributed by atoms with van der Waals surface area (Å²) in [5.74, 6) is 3.07. The van der Waals surface area contributed by atoms with Crippen molar-refractivity contribution in [2.75, 3.05) is 6.54 Å². The molecular formula is C29H42N2O. The van der Waals surface area contributed by atoms with Crippen LogP contribution in [0.1, 0.15) is 89.0 Å². The Bertz CT molecular complexity index is 806. The molecular weight excluding hydrogens is 392 g/mol. The molecule has 3 nitrogen and oxygen atoms in total. The van der Waals surface area contributed by atoms with Crippen LogP contribution in [0.15, 0.2) is 42.0 Å². The fraction of sp³-hybridized carbons (Fsp3) is 0.690. The van der Waals surface area contributed by atoms with E-state index in [0.29, 0.717) is 29.7 Å². The van der Waals surface area contributed by atoms with Crippen LogP contribution >= 0.6 is 0 Å². The summed E-state index contributed by atoms with van der Waals surface area (Å²) in [6.07, 6.45) is 18.2. The van der Waals surface area contributed by atoms with E-state index in [1.54, 1.807) is 11.1 Å². The van der Waals surface area contributed by atoms with Gasteiger partial charge in [-0.25, -0.2) is 0 Å². The first kappa shape index (κ1) is 22.2. The first-order valence-electron chi connectivity index (χ1n) is 13.4. The average molecular weight is 435 g/mol. The normalized spacial score (nSPS) is 36.1. The highest BCUT2D eigenvalue weighted by molar-refractivity contribution is 5.76. The van der Waals surface area contributed by atoms with Crippen LogP contribution in [0, 0.1) is 23.7 Å². The van der Waals surface area contributed by atoms with E-state index >= 15 is 0 Å². The van der Waals surface area contributed by atoms with Crippen molar-refractivity contribution in [3.8, 4) is 0 Å². The maximum Gasteiger partial charge on any atom is 0.220 e. The molecule has 0 heterocycles. The number of carbonyl (C=O) groups is 1. The zero-order valence-electron chi connectivity index (χ0n) is 19.7. The molecule has 1 amide bonds. The van der Waals surface area contributed by atoms with Crippen LogP contribution in [0.5, 0.6) is 0 Å². The maximum atomic E-state index is 12.9. The Labute approximate surface area is 194 Å². The lowest BCUT2D eigenvalue weighted by atomic mass is 9.54. The summed E-state index contributed by atoms with van der Waals surface area (Å²) in [6.45, 7) is 0.794. The van der Waals surface area contributed by atoms with Gasteiger partial charge in [0.25, 0.3) is 0 Å². The summed E-state index contributed by atoms with van der Waals surface area (Å²) >= 11 is 0. The molecule has 3 atom stereocenters. The molecule has 0 saturated heterocycles. The Morgan fingerprint density at radius 1 is 1.03 bits per heavy atom.